The lowest BCUT2D eigenvalue weighted by molar-refractivity contribution is 0.370. The molecule has 0 saturated heterocycles. The first-order valence-electron chi connectivity index (χ1n) is 3.40. The van der Waals surface area contributed by atoms with Gasteiger partial charge in [0.15, 0.2) is 0 Å². The Hall–Kier alpha value is -0.360. The molecule has 0 heterocycles. The van der Waals surface area contributed by atoms with Gasteiger partial charge in [-0.1, -0.05) is 23.2 Å². The smallest absolute Gasteiger partial charge is 0.150 e. The maximum atomic E-state index is 5.84. The van der Waals surface area contributed by atoms with Gasteiger partial charge in [-0.05, 0) is 28.9 Å². The van der Waals surface area contributed by atoms with E-state index in [9.17, 15) is 0 Å². The number of ether oxygens (including phenoxy) is 1. The SMILES string of the molecule is Clc1ccc(OCC#CBr)c(Cl)c1. The Morgan fingerprint density at radius 3 is 2.77 bits per heavy atom. The van der Waals surface area contributed by atoms with Crippen LogP contribution in [0.5, 0.6) is 5.75 Å². The molecule has 0 atom stereocenters. The van der Waals surface area contributed by atoms with E-state index in [-0.39, 0.29) is 0 Å². The minimum absolute atomic E-state index is 0.298. The van der Waals surface area contributed by atoms with Crippen LogP contribution in [0.3, 0.4) is 0 Å². The molecular weight excluding hydrogens is 275 g/mol. The zero-order valence-corrected chi connectivity index (χ0v) is 9.58. The topological polar surface area (TPSA) is 9.23 Å². The van der Waals surface area contributed by atoms with Crippen molar-refractivity contribution in [3.05, 3.63) is 28.2 Å². The van der Waals surface area contributed by atoms with E-state index in [1.54, 1.807) is 18.2 Å². The Labute approximate surface area is 95.1 Å². The molecular formula is C9H5BrCl2O. The van der Waals surface area contributed by atoms with Gasteiger partial charge in [0.2, 0.25) is 0 Å². The monoisotopic (exact) mass is 278 g/mol. The number of rotatable bonds is 2. The molecule has 13 heavy (non-hydrogen) atoms. The van der Waals surface area contributed by atoms with E-state index in [1.807, 2.05) is 0 Å². The van der Waals surface area contributed by atoms with Gasteiger partial charge in [0.05, 0.1) is 5.02 Å². The highest BCUT2D eigenvalue weighted by atomic mass is 79.9. The van der Waals surface area contributed by atoms with Crippen LogP contribution in [-0.2, 0) is 0 Å². The highest BCUT2D eigenvalue weighted by Gasteiger charge is 2.00. The first-order valence-corrected chi connectivity index (χ1v) is 4.95. The standard InChI is InChI=1S/C9H5BrCl2O/c10-4-1-5-13-9-3-2-7(11)6-8(9)12/h2-3,6H,5H2. The maximum Gasteiger partial charge on any atom is 0.150 e. The Bertz CT molecular complexity index is 354. The third kappa shape index (κ3) is 3.48. The second-order valence-electron chi connectivity index (χ2n) is 2.13. The fraction of sp³-hybridized carbons (Fsp3) is 0.111. The number of halogens is 3. The summed E-state index contributed by atoms with van der Waals surface area (Å²) < 4.78 is 5.24. The van der Waals surface area contributed by atoms with Gasteiger partial charge in [0.1, 0.15) is 12.4 Å². The first-order chi connectivity index (χ1) is 6.24. The molecule has 0 aliphatic rings. The van der Waals surface area contributed by atoms with Crippen LogP contribution in [0.2, 0.25) is 10.0 Å². The number of hydrogen-bond donors (Lipinski definition) is 0. The average molecular weight is 280 g/mol. The highest BCUT2D eigenvalue weighted by Crippen LogP contribution is 2.27. The van der Waals surface area contributed by atoms with Crippen molar-refractivity contribution in [2.75, 3.05) is 6.61 Å². The molecule has 1 aromatic carbocycles. The van der Waals surface area contributed by atoms with Crippen molar-refractivity contribution in [2.45, 2.75) is 0 Å². The summed E-state index contributed by atoms with van der Waals surface area (Å²) in [6, 6.07) is 5.05. The lowest BCUT2D eigenvalue weighted by Gasteiger charge is -2.03. The van der Waals surface area contributed by atoms with E-state index >= 15 is 0 Å². The summed E-state index contributed by atoms with van der Waals surface area (Å²) in [7, 11) is 0. The van der Waals surface area contributed by atoms with Crippen molar-refractivity contribution < 1.29 is 4.74 Å². The number of hydrogen-bond acceptors (Lipinski definition) is 1. The van der Waals surface area contributed by atoms with Crippen LogP contribution in [-0.4, -0.2) is 6.61 Å². The largest absolute Gasteiger partial charge is 0.479 e. The van der Waals surface area contributed by atoms with Gasteiger partial charge in [-0.15, -0.1) is 0 Å². The zero-order valence-electron chi connectivity index (χ0n) is 6.48. The molecule has 68 valence electrons. The van der Waals surface area contributed by atoms with Gasteiger partial charge >= 0.3 is 0 Å². The van der Waals surface area contributed by atoms with E-state index in [2.05, 4.69) is 26.7 Å². The summed E-state index contributed by atoms with van der Waals surface area (Å²) in [6.45, 7) is 0.298. The van der Waals surface area contributed by atoms with Crippen LogP contribution in [0, 0.1) is 10.8 Å². The van der Waals surface area contributed by atoms with Crippen LogP contribution in [0.4, 0.5) is 0 Å². The highest BCUT2D eigenvalue weighted by molar-refractivity contribution is 9.12. The van der Waals surface area contributed by atoms with Gasteiger partial charge < -0.3 is 4.74 Å². The van der Waals surface area contributed by atoms with Gasteiger partial charge in [-0.3, -0.25) is 0 Å². The molecule has 0 radical (unpaired) electrons. The molecule has 0 saturated carbocycles. The second kappa shape index (κ2) is 5.39. The van der Waals surface area contributed by atoms with Crippen molar-refractivity contribution >= 4 is 39.1 Å². The quantitative estimate of drug-likeness (QED) is 0.750. The molecule has 4 heteroatoms. The van der Waals surface area contributed by atoms with Crippen LogP contribution >= 0.6 is 39.1 Å². The molecule has 1 nitrogen and oxygen atoms in total. The summed E-state index contributed by atoms with van der Waals surface area (Å²) in [5.41, 5.74) is 0. The molecule has 0 N–H and O–H groups in total. The lowest BCUT2D eigenvalue weighted by Crippen LogP contribution is -1.93. The van der Waals surface area contributed by atoms with E-state index in [0.29, 0.717) is 22.4 Å². The van der Waals surface area contributed by atoms with Crippen LogP contribution in [0.15, 0.2) is 18.2 Å². The molecule has 1 aromatic rings. The van der Waals surface area contributed by atoms with Gasteiger partial charge in [-0.2, -0.15) is 0 Å². The van der Waals surface area contributed by atoms with Crippen molar-refractivity contribution in [3.63, 3.8) is 0 Å². The molecule has 0 aromatic heterocycles. The number of benzene rings is 1. The molecule has 0 aliphatic heterocycles. The minimum atomic E-state index is 0.298. The van der Waals surface area contributed by atoms with Gasteiger partial charge in [-0.25, -0.2) is 0 Å². The molecule has 0 aliphatic carbocycles. The fourth-order valence-corrected chi connectivity index (χ4v) is 1.31. The van der Waals surface area contributed by atoms with Crippen molar-refractivity contribution in [1.82, 2.24) is 0 Å². The van der Waals surface area contributed by atoms with Crippen LogP contribution in [0.1, 0.15) is 0 Å². The summed E-state index contributed by atoms with van der Waals surface area (Å²) in [4.78, 5) is 2.54. The lowest BCUT2D eigenvalue weighted by atomic mass is 10.3. The van der Waals surface area contributed by atoms with Crippen molar-refractivity contribution in [3.8, 4) is 16.5 Å². The third-order valence-electron chi connectivity index (χ3n) is 1.26. The van der Waals surface area contributed by atoms with E-state index in [0.717, 1.165) is 0 Å². The average Bonchev–Trinajstić information content (AvgIpc) is 2.09. The summed E-state index contributed by atoms with van der Waals surface area (Å²) >= 11 is 14.5. The molecule has 0 fully saturated rings. The Balaban J connectivity index is 2.70. The Morgan fingerprint density at radius 1 is 1.38 bits per heavy atom. The van der Waals surface area contributed by atoms with Crippen molar-refractivity contribution in [2.24, 2.45) is 0 Å². The molecule has 0 spiro atoms. The van der Waals surface area contributed by atoms with Crippen LogP contribution in [0.25, 0.3) is 0 Å². The second-order valence-corrected chi connectivity index (χ2v) is 3.37. The first kappa shape index (κ1) is 10.7. The van der Waals surface area contributed by atoms with E-state index < -0.39 is 0 Å². The van der Waals surface area contributed by atoms with E-state index in [1.165, 1.54) is 0 Å². The molecule has 0 bridgehead atoms. The molecule has 0 amide bonds. The molecule has 0 unspecified atom stereocenters. The predicted octanol–water partition coefficient (Wildman–Crippen LogP) is 3.73. The zero-order chi connectivity index (χ0) is 9.68. The normalized spacial score (nSPS) is 8.85. The minimum Gasteiger partial charge on any atom is -0.479 e. The van der Waals surface area contributed by atoms with E-state index in [4.69, 9.17) is 27.9 Å². The predicted molar refractivity (Wildman–Crippen MR) is 58.7 cm³/mol. The summed E-state index contributed by atoms with van der Waals surface area (Å²) in [5.74, 6) is 3.28. The van der Waals surface area contributed by atoms with Crippen molar-refractivity contribution in [1.29, 1.82) is 0 Å². The fourth-order valence-electron chi connectivity index (χ4n) is 0.733. The van der Waals surface area contributed by atoms with Gasteiger partial charge in [0.25, 0.3) is 0 Å². The van der Waals surface area contributed by atoms with Crippen LogP contribution < -0.4 is 4.74 Å². The summed E-state index contributed by atoms with van der Waals surface area (Å²) in [6.07, 6.45) is 0. The Kier molecular flexibility index (Phi) is 4.44. The summed E-state index contributed by atoms with van der Waals surface area (Å²) in [5, 5.41) is 1.08. The molecule has 1 rings (SSSR count). The Morgan fingerprint density at radius 2 is 2.15 bits per heavy atom. The maximum absolute atomic E-state index is 5.84. The van der Waals surface area contributed by atoms with Gasteiger partial charge in [0, 0.05) is 21.0 Å². The third-order valence-corrected chi connectivity index (χ3v) is 2.07.